The molecule has 16 aromatic rings. The molecule has 2 aliphatic rings. The summed E-state index contributed by atoms with van der Waals surface area (Å²) in [4.78, 5) is 46.7. The molecule has 0 unspecified atom stereocenters. The summed E-state index contributed by atoms with van der Waals surface area (Å²) in [6.07, 6.45) is 15.0. The van der Waals surface area contributed by atoms with Crippen LogP contribution in [-0.4, -0.2) is 206 Å². The van der Waals surface area contributed by atoms with Crippen molar-refractivity contribution in [2.24, 2.45) is 0 Å². The second-order valence-electron chi connectivity index (χ2n) is 33.8. The SMILES string of the molecule is CC(C)(C)OC(=O)n1ncc2ccc(O)cc21.CC(C)(C)OC(=O)n1ncc2ccc(OCCCCBr)cc21.CC(C)(C)OC(=O)n1ncc2ccc(OCCCCN3CCN(c4cccc5ccccc45)CC3)cc21.Nc1ccc2cn[nH]c2c1.Oc1ccc2cn[nH]c2c1.c1ccc2c(N3CCN(CCCCOc4ccc5cn[nH]c5c4)CC3)cccc2c1. The molecule has 0 bridgehead atoms. The lowest BCUT2D eigenvalue weighted by Crippen LogP contribution is -2.46. The second-order valence-corrected chi connectivity index (χ2v) is 34.6. The average molecular weight is 1770 g/mol. The van der Waals surface area contributed by atoms with Crippen LogP contribution in [0.1, 0.15) is 101 Å². The van der Waals surface area contributed by atoms with E-state index in [1.54, 1.807) is 76.0 Å². The van der Waals surface area contributed by atoms with Crippen LogP contribution in [0.4, 0.5) is 31.4 Å². The fourth-order valence-electron chi connectivity index (χ4n) is 14.5. The highest BCUT2D eigenvalue weighted by Crippen LogP contribution is 2.32. The number of rotatable bonds is 19. The van der Waals surface area contributed by atoms with E-state index in [0.29, 0.717) is 29.8 Å². The van der Waals surface area contributed by atoms with Crippen LogP contribution in [0.5, 0.6) is 28.7 Å². The number of nitrogens with one attached hydrogen (secondary N) is 3. The van der Waals surface area contributed by atoms with Crippen LogP contribution >= 0.6 is 15.9 Å². The number of unbranched alkanes of at least 4 members (excludes halogenated alkanes) is 3. The molecule has 7 N–H and O–H groups in total. The maximum absolute atomic E-state index is 12.5. The van der Waals surface area contributed by atoms with Crippen LogP contribution in [0.25, 0.3) is 87.0 Å². The summed E-state index contributed by atoms with van der Waals surface area (Å²) in [5.41, 5.74) is 12.1. The normalized spacial score (nSPS) is 13.2. The molecule has 0 radical (unpaired) electrons. The van der Waals surface area contributed by atoms with E-state index >= 15 is 0 Å². The zero-order valence-corrected chi connectivity index (χ0v) is 74.5. The third-order valence-electron chi connectivity index (χ3n) is 20.7. The standard InChI is InChI=1S/C30H36N4O3.C25H28N4O.C16H21BrN2O3.C12H14N2O3.C7H7N3.C7H6N2O/c1-30(2,3)37-29(35)34-28-21-25(14-13-24(28)22-31-34)36-20-7-6-15-32-16-18-33(19-17-32)27-12-8-10-23-9-4-5-11-26(23)27;1-2-8-23-20(6-1)7-5-9-25(23)29-15-13-28(14-16-29)12-3-4-17-30-22-11-10-21-19-26-27-24(21)18-22;1-16(2,3)22-15(20)19-14-10-13(21-9-5-4-8-17)7-6-12(14)11-18-19;1-12(2,3)17-11(16)14-10-6-9(15)5-4-8(10)7-13-14;8-6-2-1-5-4-9-10-7(5)3-6;10-6-2-1-5-4-8-9-7(5)3-6/h4-5,8-14,21-22H,6-7,15-20H2,1-3H3;1-2,5-11,18-19H,3-4,12-17H2,(H,26,27);6-7,10-11H,4-5,8-9H2,1-3H3;4-7,15H,1-3H3;1-4H,8H2,(H,9,10);1-4,10H,(H,8,9). The van der Waals surface area contributed by atoms with E-state index < -0.39 is 35.1 Å². The first-order valence-corrected chi connectivity index (χ1v) is 43.8. The van der Waals surface area contributed by atoms with Gasteiger partial charge in [-0.15, -0.1) is 0 Å². The molecule has 0 aliphatic carbocycles. The lowest BCUT2D eigenvalue weighted by Gasteiger charge is -2.36. The number of anilines is 3. The van der Waals surface area contributed by atoms with Gasteiger partial charge >= 0.3 is 18.3 Å². The molecule has 658 valence electrons. The molecular weight excluding hydrogens is 1660 g/mol. The van der Waals surface area contributed by atoms with Gasteiger partial charge in [0.15, 0.2) is 0 Å². The summed E-state index contributed by atoms with van der Waals surface area (Å²) in [6, 6.07) is 63.4. The van der Waals surface area contributed by atoms with E-state index in [-0.39, 0.29) is 11.5 Å². The summed E-state index contributed by atoms with van der Waals surface area (Å²) < 4.78 is 37.4. The van der Waals surface area contributed by atoms with Gasteiger partial charge in [-0.05, 0) is 216 Å². The Morgan fingerprint density at radius 2 is 0.722 bits per heavy atom. The number of carbonyl (C=O) groups is 3. The molecule has 28 nitrogen and oxygen atoms in total. The maximum atomic E-state index is 12.5. The number of carbonyl (C=O) groups excluding carboxylic acids is 3. The van der Waals surface area contributed by atoms with Gasteiger partial charge in [-0.1, -0.05) is 88.7 Å². The Hall–Kier alpha value is -13.3. The molecule has 0 atom stereocenters. The minimum Gasteiger partial charge on any atom is -0.508 e. The number of hydrogen-bond donors (Lipinski definition) is 6. The van der Waals surface area contributed by atoms with Crippen LogP contribution in [0.3, 0.4) is 0 Å². The molecule has 29 heteroatoms. The number of nitrogen functional groups attached to an aromatic ring is 1. The van der Waals surface area contributed by atoms with Gasteiger partial charge in [0.2, 0.25) is 0 Å². The molecule has 0 spiro atoms. The number of nitrogens with two attached hydrogens (primary N) is 1. The summed E-state index contributed by atoms with van der Waals surface area (Å²) in [5.74, 6) is 2.73. The van der Waals surface area contributed by atoms with Crippen molar-refractivity contribution in [3.8, 4) is 28.7 Å². The van der Waals surface area contributed by atoms with Crippen LogP contribution in [0, 0.1) is 0 Å². The molecule has 10 aromatic carbocycles. The van der Waals surface area contributed by atoms with Crippen molar-refractivity contribution in [1.29, 1.82) is 0 Å². The first-order valence-electron chi connectivity index (χ1n) is 42.6. The molecule has 8 heterocycles. The van der Waals surface area contributed by atoms with Crippen molar-refractivity contribution < 1.29 is 53.0 Å². The number of piperazine rings is 2. The minimum absolute atomic E-state index is 0.0859. The maximum Gasteiger partial charge on any atom is 0.435 e. The quantitative estimate of drug-likeness (QED) is 0.0190. The van der Waals surface area contributed by atoms with Crippen LogP contribution in [0.15, 0.2) is 231 Å². The summed E-state index contributed by atoms with van der Waals surface area (Å²) >= 11 is 3.39. The van der Waals surface area contributed by atoms with Crippen molar-refractivity contribution in [3.05, 3.63) is 231 Å². The number of aromatic amines is 3. The highest BCUT2D eigenvalue weighted by Gasteiger charge is 2.26. The molecule has 0 amide bonds. The average Bonchev–Trinajstić information content (AvgIpc) is 1.54. The molecule has 2 saturated heterocycles. The fourth-order valence-corrected chi connectivity index (χ4v) is 14.9. The van der Waals surface area contributed by atoms with Crippen LogP contribution in [-0.2, 0) is 14.2 Å². The second kappa shape index (κ2) is 42.4. The van der Waals surface area contributed by atoms with E-state index in [1.807, 2.05) is 127 Å². The topological polar surface area (TPSA) is 326 Å². The number of phenolic OH excluding ortho intramolecular Hbond substituents is 2. The van der Waals surface area contributed by atoms with E-state index in [1.165, 1.54) is 54.8 Å². The van der Waals surface area contributed by atoms with Crippen molar-refractivity contribution in [2.45, 2.75) is 118 Å². The van der Waals surface area contributed by atoms with Crippen molar-refractivity contribution >= 4 is 138 Å². The van der Waals surface area contributed by atoms with Gasteiger partial charge in [0.25, 0.3) is 0 Å². The van der Waals surface area contributed by atoms with Crippen molar-refractivity contribution in [2.75, 3.05) is 106 Å². The molecule has 0 saturated carbocycles. The molecule has 6 aromatic heterocycles. The smallest absolute Gasteiger partial charge is 0.435 e. The Labute approximate surface area is 740 Å². The fraction of sp³-hybridized carbons (Fsp3) is 0.330. The third kappa shape index (κ3) is 25.5. The molecule has 18 rings (SSSR count). The monoisotopic (exact) mass is 1770 g/mol. The zero-order chi connectivity index (χ0) is 88.7. The van der Waals surface area contributed by atoms with E-state index in [0.717, 1.165) is 186 Å². The third-order valence-corrected chi connectivity index (χ3v) is 21.2. The number of fused-ring (bicyclic) bond motifs is 8. The van der Waals surface area contributed by atoms with Crippen molar-refractivity contribution in [1.82, 2.24) is 69.7 Å². The van der Waals surface area contributed by atoms with Gasteiger partial charge < -0.3 is 54.2 Å². The molecule has 2 aliphatic heterocycles. The lowest BCUT2D eigenvalue weighted by atomic mass is 10.1. The zero-order valence-electron chi connectivity index (χ0n) is 72.9. The van der Waals surface area contributed by atoms with Crippen LogP contribution < -0.4 is 29.7 Å². The van der Waals surface area contributed by atoms with Gasteiger partial charge in [-0.3, -0.25) is 25.1 Å². The van der Waals surface area contributed by atoms with Crippen molar-refractivity contribution in [3.63, 3.8) is 0 Å². The number of alkyl halides is 1. The number of aromatic nitrogens is 12. The minimum atomic E-state index is -0.577. The number of phenols is 2. The summed E-state index contributed by atoms with van der Waals surface area (Å²) in [5, 5.41) is 63.0. The Morgan fingerprint density at radius 1 is 0.373 bits per heavy atom. The van der Waals surface area contributed by atoms with Gasteiger partial charge in [0.05, 0.1) is 90.1 Å². The highest BCUT2D eigenvalue weighted by molar-refractivity contribution is 9.09. The largest absolute Gasteiger partial charge is 0.508 e. The Morgan fingerprint density at radius 3 is 1.15 bits per heavy atom. The Bertz CT molecular complexity index is 6180. The van der Waals surface area contributed by atoms with Gasteiger partial charge in [0, 0.05) is 148 Å². The van der Waals surface area contributed by atoms with E-state index in [2.05, 4.69) is 166 Å². The first-order chi connectivity index (χ1) is 60.7. The summed E-state index contributed by atoms with van der Waals surface area (Å²) in [6.45, 7) is 29.3. The van der Waals surface area contributed by atoms with Gasteiger partial charge in [0.1, 0.15) is 45.6 Å². The van der Waals surface area contributed by atoms with Crippen LogP contribution in [0.2, 0.25) is 0 Å². The Balaban J connectivity index is 0.000000137. The number of benzene rings is 10. The summed E-state index contributed by atoms with van der Waals surface area (Å²) in [7, 11) is 0. The number of H-pyrrole nitrogens is 3. The highest BCUT2D eigenvalue weighted by atomic mass is 79.9. The number of nitrogens with zero attached hydrogens (tertiary/aromatic N) is 13. The number of hydrogen-bond acceptors (Lipinski definition) is 22. The van der Waals surface area contributed by atoms with E-state index in [9.17, 15) is 19.5 Å². The lowest BCUT2D eigenvalue weighted by molar-refractivity contribution is 0.0511. The molecule has 2 fully saturated rings. The predicted octanol–water partition coefficient (Wildman–Crippen LogP) is 20.0. The predicted molar refractivity (Wildman–Crippen MR) is 503 cm³/mol. The van der Waals surface area contributed by atoms with Gasteiger partial charge in [-0.25, -0.2) is 14.4 Å². The van der Waals surface area contributed by atoms with E-state index in [4.69, 9.17) is 39.3 Å². The number of aromatic hydroxyl groups is 2. The molecular formula is C97H112BrN17O11. The molecule has 126 heavy (non-hydrogen) atoms. The Kier molecular flexibility index (Phi) is 30.5. The van der Waals surface area contributed by atoms with Gasteiger partial charge in [-0.2, -0.15) is 44.6 Å². The number of halogens is 1. The number of ether oxygens (including phenoxy) is 6. The first kappa shape index (κ1) is 90.5.